The van der Waals surface area contributed by atoms with Crippen LogP contribution in [0.2, 0.25) is 0 Å². The summed E-state index contributed by atoms with van der Waals surface area (Å²) in [4.78, 5) is 12.6. The van der Waals surface area contributed by atoms with Crippen LogP contribution in [0.4, 0.5) is 0 Å². The molecule has 0 fully saturated rings. The molecular weight excluding hydrogens is 466 g/mol. The second kappa shape index (κ2) is 27.1. The molecule has 2 radical (unpaired) electrons. The molecule has 0 spiro atoms. The Kier molecular flexibility index (Phi) is 24.3. The van der Waals surface area contributed by atoms with E-state index in [1.165, 1.54) is 96.3 Å². The first kappa shape index (κ1) is 31.3. The van der Waals surface area contributed by atoms with Gasteiger partial charge in [-0.25, -0.2) is 0 Å². The molecule has 0 aliphatic heterocycles. The van der Waals surface area contributed by atoms with Gasteiger partial charge in [-0.2, -0.15) is 0 Å². The molecule has 4 atom stereocenters. The lowest BCUT2D eigenvalue weighted by Crippen LogP contribution is -2.37. The SMILES string of the molecule is [2H][Si]([B])(OC[C@H](N)CCC(CCCCCCCCC)NC(=O)CCCCCCCCCCCCC)P[3H]. The number of rotatable bonds is 28. The van der Waals surface area contributed by atoms with E-state index in [0.717, 1.165) is 38.5 Å². The Morgan fingerprint density at radius 3 is 1.89 bits per heavy atom. The second-order valence-electron chi connectivity index (χ2n) is 10.5. The van der Waals surface area contributed by atoms with Gasteiger partial charge in [0, 0.05) is 26.3 Å². The van der Waals surface area contributed by atoms with Crippen molar-refractivity contribution in [2.24, 2.45) is 5.73 Å². The zero-order valence-electron chi connectivity index (χ0n) is 25.4. The van der Waals surface area contributed by atoms with Crippen LogP contribution in [0.15, 0.2) is 0 Å². The van der Waals surface area contributed by atoms with Crippen LogP contribution >= 0.6 is 8.73 Å². The van der Waals surface area contributed by atoms with Crippen LogP contribution in [-0.2, 0) is 9.22 Å². The third kappa shape index (κ3) is 27.0. The quantitative estimate of drug-likeness (QED) is 0.0640. The third-order valence-corrected chi connectivity index (χ3v) is 7.78. The highest BCUT2D eigenvalue weighted by Gasteiger charge is 2.14. The Morgan fingerprint density at radius 1 is 0.886 bits per heavy atom. The molecule has 0 bridgehead atoms. The largest absolute Gasteiger partial charge is 0.423 e. The number of nitrogens with one attached hydrogen (secondary N) is 1. The van der Waals surface area contributed by atoms with Crippen LogP contribution in [0.25, 0.3) is 0 Å². The Hall–Kier alpha value is 0.102. The summed E-state index contributed by atoms with van der Waals surface area (Å²) in [6, 6.07) is -0.0620. The van der Waals surface area contributed by atoms with Gasteiger partial charge in [-0.05, 0) is 25.7 Å². The fourth-order valence-electron chi connectivity index (χ4n) is 4.58. The Bertz CT molecular complexity index is 525. The number of nitrogens with two attached hydrogens (primary N) is 1. The highest BCUT2D eigenvalue weighted by atomic mass is 31.3. The van der Waals surface area contributed by atoms with E-state index in [9.17, 15) is 4.79 Å². The molecular formula is C28H60BN2O2PSi. The normalized spacial score (nSPS) is 16.1. The Balaban J connectivity index is 4.20. The average Bonchev–Trinajstić information content (AvgIpc) is 2.88. The van der Waals surface area contributed by atoms with E-state index in [1.54, 1.807) is 0 Å². The van der Waals surface area contributed by atoms with Gasteiger partial charge in [-0.15, -0.1) is 8.73 Å². The van der Waals surface area contributed by atoms with Crippen molar-refractivity contribution in [3.05, 3.63) is 0 Å². The summed E-state index contributed by atoms with van der Waals surface area (Å²) in [6.45, 7) is 4.74. The summed E-state index contributed by atoms with van der Waals surface area (Å²) in [5, 5.41) is 3.29. The predicted molar refractivity (Wildman–Crippen MR) is 161 cm³/mol. The van der Waals surface area contributed by atoms with Crippen LogP contribution in [0.5, 0.6) is 0 Å². The minimum Gasteiger partial charge on any atom is -0.423 e. The molecule has 0 aromatic heterocycles. The second-order valence-corrected chi connectivity index (χ2v) is 13.0. The standard InChI is InChI=1S/C28H60BN2O2PSi/c1-3-5-7-9-11-12-13-14-16-18-20-22-28(32)31-27(21-19-17-15-10-8-6-4-2)24-23-26(30)25-33-35(29)34/h26-27,35H,3-25,30,34H2,1-2H3,(H,31,32)/t26-,27?,35?/m1/s1/i34T,35D/t26-,27?,34?,35?. The van der Waals surface area contributed by atoms with Crippen molar-refractivity contribution >= 4 is 30.6 Å². The molecule has 1 amide bonds. The lowest BCUT2D eigenvalue weighted by molar-refractivity contribution is -0.122. The van der Waals surface area contributed by atoms with Gasteiger partial charge < -0.3 is 15.5 Å². The van der Waals surface area contributed by atoms with Crippen LogP contribution in [0.3, 0.4) is 0 Å². The predicted octanol–water partition coefficient (Wildman–Crippen LogP) is 7.20. The van der Waals surface area contributed by atoms with Crippen molar-refractivity contribution < 1.29 is 9.22 Å². The number of amides is 1. The maximum atomic E-state index is 12.6. The molecule has 3 unspecified atom stereocenters. The minimum absolute atomic E-state index is 0.149. The molecule has 0 aliphatic carbocycles. The van der Waals surface area contributed by atoms with Gasteiger partial charge in [0.2, 0.25) is 5.91 Å². The van der Waals surface area contributed by atoms with Gasteiger partial charge in [-0.1, -0.05) is 123 Å². The number of carbonyl (C=O) groups is 1. The fraction of sp³-hybridized carbons (Fsp3) is 0.964. The summed E-state index contributed by atoms with van der Waals surface area (Å²) in [5.74, 6) is 0.170. The molecule has 0 aromatic rings. The molecule has 0 saturated carbocycles. The van der Waals surface area contributed by atoms with E-state index < -0.39 is 17.2 Å². The van der Waals surface area contributed by atoms with Crippen molar-refractivity contribution in [1.29, 1.82) is 2.51 Å². The summed E-state index contributed by atoms with van der Waals surface area (Å²) < 4.78 is 20.6. The Labute approximate surface area is 227 Å². The first-order chi connectivity index (χ1) is 17.8. The Morgan fingerprint density at radius 2 is 1.37 bits per heavy atom. The molecule has 35 heavy (non-hydrogen) atoms. The zero-order valence-corrected chi connectivity index (χ0v) is 25.4. The highest BCUT2D eigenvalue weighted by molar-refractivity contribution is 7.70. The molecule has 0 saturated heterocycles. The number of hydrogen-bond donors (Lipinski definition) is 2. The van der Waals surface area contributed by atoms with Crippen molar-refractivity contribution in [2.75, 3.05) is 6.61 Å². The molecule has 0 aliphatic rings. The number of carbonyl (C=O) groups excluding carboxylic acids is 1. The smallest absolute Gasteiger partial charge is 0.220 e. The minimum atomic E-state index is -3.10. The van der Waals surface area contributed by atoms with Gasteiger partial charge in [0.1, 0.15) is 8.51 Å². The molecule has 0 aromatic carbocycles. The van der Waals surface area contributed by atoms with Crippen LogP contribution in [-0.4, -0.2) is 43.1 Å². The molecule has 206 valence electrons. The molecule has 0 rings (SSSR count). The number of hydrogen-bond acceptors (Lipinski definition) is 3. The van der Waals surface area contributed by atoms with Crippen LogP contribution < -0.4 is 11.1 Å². The zero-order chi connectivity index (χ0) is 27.6. The topological polar surface area (TPSA) is 64.3 Å². The van der Waals surface area contributed by atoms with Gasteiger partial charge in [-0.3, -0.25) is 4.79 Å². The van der Waals surface area contributed by atoms with E-state index in [2.05, 4.69) is 19.2 Å². The van der Waals surface area contributed by atoms with E-state index in [1.807, 2.05) is 0 Å². The maximum absolute atomic E-state index is 12.6. The van der Waals surface area contributed by atoms with E-state index in [0.29, 0.717) is 6.42 Å². The molecule has 3 N–H and O–H groups in total. The van der Waals surface area contributed by atoms with Gasteiger partial charge in [0.15, 0.2) is 0 Å². The summed E-state index contributed by atoms with van der Waals surface area (Å²) in [6.07, 6.45) is 26.2. The van der Waals surface area contributed by atoms with E-state index >= 15 is 0 Å². The van der Waals surface area contributed by atoms with Crippen molar-refractivity contribution in [1.82, 2.24) is 5.32 Å². The fourth-order valence-corrected chi connectivity index (χ4v) is 5.23. The van der Waals surface area contributed by atoms with Crippen molar-refractivity contribution in [2.45, 2.75) is 167 Å². The van der Waals surface area contributed by atoms with Gasteiger partial charge >= 0.3 is 0 Å². The molecule has 4 nitrogen and oxygen atoms in total. The van der Waals surface area contributed by atoms with E-state index in [-0.39, 0.29) is 24.6 Å². The first-order valence-corrected chi connectivity index (χ1v) is 18.0. The number of unbranched alkanes of at least 4 members (excludes halogenated alkanes) is 16. The lowest BCUT2D eigenvalue weighted by Gasteiger charge is -2.21. The highest BCUT2D eigenvalue weighted by Crippen LogP contribution is 2.15. The molecule has 0 heterocycles. The van der Waals surface area contributed by atoms with Gasteiger partial charge in [0.25, 0.3) is 0 Å². The lowest BCUT2D eigenvalue weighted by atomic mass is 9.99. The average molecular weight is 530 g/mol. The first-order valence-electron chi connectivity index (χ1n) is 16.0. The monoisotopic (exact) mass is 529 g/mol. The van der Waals surface area contributed by atoms with Crippen LogP contribution in [0, 0.1) is 0 Å². The summed E-state index contributed by atoms with van der Waals surface area (Å²) in [5.41, 5.74) is 6.20. The molecule has 7 heteroatoms. The third-order valence-electron chi connectivity index (χ3n) is 6.87. The van der Waals surface area contributed by atoms with Crippen molar-refractivity contribution in [3.8, 4) is 0 Å². The van der Waals surface area contributed by atoms with Crippen molar-refractivity contribution in [3.63, 3.8) is 0 Å². The van der Waals surface area contributed by atoms with Gasteiger partial charge in [0.05, 0.1) is 8.72 Å². The van der Waals surface area contributed by atoms with E-state index in [4.69, 9.17) is 20.1 Å². The summed E-state index contributed by atoms with van der Waals surface area (Å²) >= 11 is 0. The van der Waals surface area contributed by atoms with Crippen LogP contribution in [0.1, 0.15) is 155 Å². The summed E-state index contributed by atoms with van der Waals surface area (Å²) in [7, 11) is 2.19. The maximum Gasteiger partial charge on any atom is 0.220 e.